The van der Waals surface area contributed by atoms with Crippen molar-refractivity contribution in [1.82, 2.24) is 40.4 Å². The van der Waals surface area contributed by atoms with Gasteiger partial charge >= 0.3 is 12.2 Å². The second-order valence-corrected chi connectivity index (χ2v) is 17.4. The molecular formula is C47H53N9O6. The zero-order valence-corrected chi connectivity index (χ0v) is 35.8. The Kier molecular flexibility index (Phi) is 11.8. The molecule has 2 aliphatic heterocycles. The van der Waals surface area contributed by atoms with Gasteiger partial charge in [-0.3, -0.25) is 9.59 Å². The van der Waals surface area contributed by atoms with Crippen LogP contribution in [0.5, 0.6) is 0 Å². The summed E-state index contributed by atoms with van der Waals surface area (Å²) in [6.07, 6.45) is 5.62. The van der Waals surface area contributed by atoms with E-state index in [0.29, 0.717) is 18.2 Å². The van der Waals surface area contributed by atoms with Gasteiger partial charge in [0.05, 0.1) is 62.1 Å². The number of hydrogen-bond acceptors (Lipinski definition) is 9. The van der Waals surface area contributed by atoms with E-state index in [9.17, 15) is 24.4 Å². The Balaban J connectivity index is 0.966. The zero-order valence-electron chi connectivity index (χ0n) is 35.8. The first-order valence-corrected chi connectivity index (χ1v) is 21.3. The van der Waals surface area contributed by atoms with Gasteiger partial charge in [0, 0.05) is 18.2 Å². The molecule has 15 heteroatoms. The number of hydrogen-bond donors (Lipinski definition) is 4. The van der Waals surface area contributed by atoms with E-state index < -0.39 is 30.3 Å². The molecular weight excluding hydrogens is 787 g/mol. The van der Waals surface area contributed by atoms with Crippen LogP contribution in [0.2, 0.25) is 0 Å². The highest BCUT2D eigenvalue weighted by atomic mass is 16.5. The van der Waals surface area contributed by atoms with E-state index in [1.807, 2.05) is 44.9 Å². The van der Waals surface area contributed by atoms with Gasteiger partial charge in [-0.05, 0) is 83.0 Å². The Morgan fingerprint density at radius 1 is 0.726 bits per heavy atom. The van der Waals surface area contributed by atoms with E-state index in [0.717, 1.165) is 69.5 Å². The van der Waals surface area contributed by atoms with Gasteiger partial charge in [0.25, 0.3) is 0 Å². The lowest BCUT2D eigenvalue weighted by Crippen LogP contribution is -2.54. The predicted molar refractivity (Wildman–Crippen MR) is 232 cm³/mol. The van der Waals surface area contributed by atoms with Gasteiger partial charge in [0.2, 0.25) is 11.8 Å². The summed E-state index contributed by atoms with van der Waals surface area (Å²) >= 11 is 0. The van der Waals surface area contributed by atoms with Gasteiger partial charge in [-0.2, -0.15) is 5.26 Å². The van der Waals surface area contributed by atoms with Crippen molar-refractivity contribution in [2.45, 2.75) is 83.6 Å². The number of aromatic amines is 2. The first-order valence-electron chi connectivity index (χ1n) is 21.3. The Bertz CT molecular complexity index is 2520. The van der Waals surface area contributed by atoms with Gasteiger partial charge in [-0.15, -0.1) is 0 Å². The van der Waals surface area contributed by atoms with Gasteiger partial charge in [0.1, 0.15) is 23.7 Å². The molecule has 2 aromatic heterocycles. The number of methoxy groups -OCH3 is 2. The second-order valence-electron chi connectivity index (χ2n) is 17.4. The largest absolute Gasteiger partial charge is 0.453 e. The van der Waals surface area contributed by atoms with Crippen molar-refractivity contribution >= 4 is 34.8 Å². The number of aromatic nitrogens is 4. The Morgan fingerprint density at radius 3 is 1.90 bits per heavy atom. The maximum Gasteiger partial charge on any atom is 0.407 e. The molecule has 1 aliphatic carbocycles. The molecule has 7 atom stereocenters. The predicted octanol–water partition coefficient (Wildman–Crippen LogP) is 7.51. The van der Waals surface area contributed by atoms with Crippen molar-refractivity contribution in [3.63, 3.8) is 0 Å². The van der Waals surface area contributed by atoms with Crippen LogP contribution in [0.4, 0.5) is 9.59 Å². The number of amides is 4. The van der Waals surface area contributed by atoms with Crippen LogP contribution in [0, 0.1) is 35.0 Å². The number of rotatable bonds is 11. The van der Waals surface area contributed by atoms with Gasteiger partial charge < -0.3 is 39.9 Å². The fourth-order valence-corrected chi connectivity index (χ4v) is 9.55. The van der Waals surface area contributed by atoms with Gasteiger partial charge in [0.15, 0.2) is 0 Å². The molecule has 4 N–H and O–H groups in total. The fraction of sp³-hybridized carbons (Fsp3) is 0.426. The number of alkyl carbamates (subject to hydrolysis) is 2. The molecule has 4 amide bonds. The summed E-state index contributed by atoms with van der Waals surface area (Å²) in [5.41, 5.74) is 5.71. The van der Waals surface area contributed by atoms with Gasteiger partial charge in [-0.25, -0.2) is 19.6 Å². The van der Waals surface area contributed by atoms with Crippen molar-refractivity contribution in [3.8, 4) is 39.7 Å². The third-order valence-corrected chi connectivity index (χ3v) is 12.9. The first kappa shape index (κ1) is 42.0. The highest BCUT2D eigenvalue weighted by molar-refractivity contribution is 5.91. The lowest BCUT2D eigenvalue weighted by atomic mass is 9.95. The number of piperidine rings is 1. The molecule has 0 spiro atoms. The lowest BCUT2D eigenvalue weighted by molar-refractivity contribution is -0.139. The molecule has 3 aliphatic rings. The van der Waals surface area contributed by atoms with Crippen molar-refractivity contribution in [3.05, 3.63) is 84.7 Å². The first-order chi connectivity index (χ1) is 29.9. The van der Waals surface area contributed by atoms with E-state index in [2.05, 4.69) is 86.3 Å². The van der Waals surface area contributed by atoms with Crippen LogP contribution in [0.3, 0.4) is 0 Å². The molecule has 2 bridgehead atoms. The monoisotopic (exact) mass is 839 g/mol. The molecule has 15 nitrogen and oxygen atoms in total. The van der Waals surface area contributed by atoms with Crippen LogP contribution in [0.25, 0.3) is 44.4 Å². The summed E-state index contributed by atoms with van der Waals surface area (Å²) < 4.78 is 9.58. The van der Waals surface area contributed by atoms with Crippen LogP contribution in [0.1, 0.15) is 77.1 Å². The van der Waals surface area contributed by atoms with Crippen LogP contribution in [-0.2, 0) is 19.1 Å². The van der Waals surface area contributed by atoms with E-state index in [-0.39, 0.29) is 48.2 Å². The second kappa shape index (κ2) is 17.4. The van der Waals surface area contributed by atoms with Crippen molar-refractivity contribution in [1.29, 1.82) is 5.26 Å². The molecule has 8 rings (SSSR count). The number of nitrogens with one attached hydrogen (secondary N) is 4. The molecule has 3 aromatic carbocycles. The highest BCUT2D eigenvalue weighted by Gasteiger charge is 2.51. The number of imidazole rings is 2. The Labute approximate surface area is 360 Å². The number of benzene rings is 3. The van der Waals surface area contributed by atoms with Crippen LogP contribution < -0.4 is 10.6 Å². The normalized spacial score (nSPS) is 21.6. The third kappa shape index (κ3) is 8.09. The molecule has 0 unspecified atom stereocenters. The SMILES string of the molecule is COC(=O)N[C@H](C(=O)N1C[C@@H](C#N)C[C@H]1c1ncc(-c2ccc3cc(-c4ccc(-c5cnc([C@@H]6[C@@H]7CC[C@H](C7)N6C(=O)[C@@H](NC(=O)OC)C(C)C)[nH]5)cc4)ccc3c2)[nH]1)C(C)C. The number of ether oxygens (including phenoxy) is 2. The molecule has 322 valence electrons. The molecule has 4 heterocycles. The van der Waals surface area contributed by atoms with E-state index in [1.165, 1.54) is 14.2 Å². The quantitative estimate of drug-likeness (QED) is 0.104. The summed E-state index contributed by atoms with van der Waals surface area (Å²) in [7, 11) is 2.56. The molecule has 0 radical (unpaired) electrons. The summed E-state index contributed by atoms with van der Waals surface area (Å²) in [6, 6.07) is 21.2. The van der Waals surface area contributed by atoms with E-state index in [1.54, 1.807) is 11.1 Å². The average molecular weight is 840 g/mol. The van der Waals surface area contributed by atoms with Gasteiger partial charge in [-0.1, -0.05) is 76.2 Å². The molecule has 2 saturated heterocycles. The number of carbonyl (C=O) groups excluding carboxylic acids is 4. The summed E-state index contributed by atoms with van der Waals surface area (Å²) in [5, 5.41) is 17.3. The highest BCUT2D eigenvalue weighted by Crippen LogP contribution is 2.50. The Morgan fingerprint density at radius 2 is 1.27 bits per heavy atom. The molecule has 3 fully saturated rings. The molecule has 5 aromatic rings. The summed E-state index contributed by atoms with van der Waals surface area (Å²) in [6.45, 7) is 7.80. The van der Waals surface area contributed by atoms with E-state index >= 15 is 0 Å². The van der Waals surface area contributed by atoms with Crippen molar-refractivity contribution in [2.75, 3.05) is 20.8 Å². The fourth-order valence-electron chi connectivity index (χ4n) is 9.55. The number of fused-ring (bicyclic) bond motifs is 3. The summed E-state index contributed by atoms with van der Waals surface area (Å²) in [5.74, 6) is 0.603. The number of nitrogens with zero attached hydrogens (tertiary/aromatic N) is 5. The maximum absolute atomic E-state index is 14.0. The van der Waals surface area contributed by atoms with Crippen molar-refractivity contribution < 1.29 is 28.7 Å². The number of carbonyl (C=O) groups is 4. The zero-order chi connectivity index (χ0) is 43.8. The maximum atomic E-state index is 14.0. The minimum Gasteiger partial charge on any atom is -0.453 e. The Hall–Kier alpha value is -6.69. The summed E-state index contributed by atoms with van der Waals surface area (Å²) in [4.78, 5) is 71.9. The van der Waals surface area contributed by atoms with Crippen LogP contribution >= 0.6 is 0 Å². The van der Waals surface area contributed by atoms with Crippen molar-refractivity contribution in [2.24, 2.45) is 23.7 Å². The number of nitriles is 1. The smallest absolute Gasteiger partial charge is 0.407 e. The van der Waals surface area contributed by atoms with E-state index in [4.69, 9.17) is 14.5 Å². The minimum absolute atomic E-state index is 0.101. The third-order valence-electron chi connectivity index (χ3n) is 12.9. The number of H-pyrrole nitrogens is 2. The standard InChI is InChI=1S/C47H53N9O6/c1-25(2)39(53-46(59)61-5)44(57)55-24-27(21-48)17-38(55)42-49-23-37(51-42)33-14-13-31-18-30(11-12-32(31)19-33)28-7-9-29(10-8-28)36-22-50-43(52-36)41-34-15-16-35(20-34)56(41)45(58)40(26(3)4)54-47(60)62-6/h7-14,18-19,22-23,25-27,34-35,38-41H,15-17,20,24H2,1-6H3,(H,49,51)(H,50,52)(H,53,59)(H,54,60)/t27-,34-,35-,38+,39+,40+,41+/m1/s1. The molecule has 62 heavy (non-hydrogen) atoms. The number of likely N-dealkylation sites (tertiary alicyclic amines) is 2. The average Bonchev–Trinajstić information content (AvgIpc) is 4.15. The van der Waals surface area contributed by atoms with Crippen LogP contribution in [0.15, 0.2) is 73.1 Å². The lowest BCUT2D eigenvalue weighted by Gasteiger charge is -2.37. The topological polar surface area (TPSA) is 198 Å². The molecule has 1 saturated carbocycles. The minimum atomic E-state index is -0.809. The van der Waals surface area contributed by atoms with Crippen LogP contribution in [-0.4, -0.2) is 92.6 Å².